The van der Waals surface area contributed by atoms with E-state index in [1.54, 1.807) is 18.2 Å². The number of anilines is 2. The number of rotatable bonds is 2. The summed E-state index contributed by atoms with van der Waals surface area (Å²) in [5.74, 6) is 0. The van der Waals surface area contributed by atoms with E-state index in [4.69, 9.17) is 11.5 Å². The Balaban J connectivity index is 3.01. The third-order valence-electron chi connectivity index (χ3n) is 1.47. The lowest BCUT2D eigenvalue weighted by molar-refractivity contribution is -0.107. The van der Waals surface area contributed by atoms with E-state index in [0.29, 0.717) is 17.8 Å². The van der Waals surface area contributed by atoms with Crippen molar-refractivity contribution in [3.63, 3.8) is 0 Å². The zero-order valence-electron chi connectivity index (χ0n) is 6.08. The van der Waals surface area contributed by atoms with Gasteiger partial charge < -0.3 is 16.3 Å². The van der Waals surface area contributed by atoms with Gasteiger partial charge in [-0.25, -0.2) is 0 Å². The number of carbonyl (C=O) groups excluding carboxylic acids is 1. The van der Waals surface area contributed by atoms with Crippen molar-refractivity contribution in [3.05, 3.63) is 23.8 Å². The second-order valence-corrected chi connectivity index (χ2v) is 2.33. The molecule has 1 aromatic carbocycles. The summed E-state index contributed by atoms with van der Waals surface area (Å²) in [7, 11) is 0. The van der Waals surface area contributed by atoms with Gasteiger partial charge in [-0.05, 0) is 23.8 Å². The molecule has 1 rings (SSSR count). The summed E-state index contributed by atoms with van der Waals surface area (Å²) in [4.78, 5) is 10.1. The van der Waals surface area contributed by atoms with E-state index < -0.39 is 0 Å². The van der Waals surface area contributed by atoms with Crippen LogP contribution in [-0.4, -0.2) is 6.29 Å². The molecule has 11 heavy (non-hydrogen) atoms. The molecule has 0 saturated carbocycles. The van der Waals surface area contributed by atoms with Crippen LogP contribution in [0.1, 0.15) is 5.56 Å². The van der Waals surface area contributed by atoms with E-state index in [2.05, 4.69) is 0 Å². The predicted molar refractivity (Wildman–Crippen MR) is 45.0 cm³/mol. The van der Waals surface area contributed by atoms with Gasteiger partial charge in [-0.15, -0.1) is 0 Å². The van der Waals surface area contributed by atoms with Crippen molar-refractivity contribution < 1.29 is 4.79 Å². The summed E-state index contributed by atoms with van der Waals surface area (Å²) < 4.78 is 0. The van der Waals surface area contributed by atoms with Crippen LogP contribution in [-0.2, 0) is 11.2 Å². The predicted octanol–water partition coefficient (Wildman–Crippen LogP) is 0.592. The van der Waals surface area contributed by atoms with E-state index in [-0.39, 0.29) is 0 Å². The largest absolute Gasteiger partial charge is 0.399 e. The summed E-state index contributed by atoms with van der Waals surface area (Å²) in [6, 6.07) is 5.13. The van der Waals surface area contributed by atoms with Gasteiger partial charge in [0, 0.05) is 17.8 Å². The molecule has 0 fully saturated rings. The number of hydrogen-bond acceptors (Lipinski definition) is 3. The quantitative estimate of drug-likeness (QED) is 0.479. The fourth-order valence-electron chi connectivity index (χ4n) is 0.892. The van der Waals surface area contributed by atoms with E-state index >= 15 is 0 Å². The highest BCUT2D eigenvalue weighted by Gasteiger charge is 1.97. The molecule has 0 unspecified atom stereocenters. The number of benzene rings is 1. The molecular formula is C8H10N2O. The summed E-state index contributed by atoms with van der Waals surface area (Å²) in [6.07, 6.45) is 1.14. The highest BCUT2D eigenvalue weighted by molar-refractivity contribution is 5.64. The molecule has 4 N–H and O–H groups in total. The van der Waals surface area contributed by atoms with Crippen LogP contribution >= 0.6 is 0 Å². The van der Waals surface area contributed by atoms with E-state index in [1.807, 2.05) is 0 Å². The first-order valence-electron chi connectivity index (χ1n) is 3.31. The normalized spacial score (nSPS) is 9.45. The standard InChI is InChI=1S/C8H10N2O/c9-7-1-2-8(10)6(5-7)3-4-11/h1-2,4-5H,3,9-10H2. The molecule has 0 heterocycles. The first-order chi connectivity index (χ1) is 5.24. The molecule has 0 spiro atoms. The fourth-order valence-corrected chi connectivity index (χ4v) is 0.892. The minimum Gasteiger partial charge on any atom is -0.399 e. The maximum absolute atomic E-state index is 10.1. The van der Waals surface area contributed by atoms with Crippen molar-refractivity contribution in [3.8, 4) is 0 Å². The number of hydrogen-bond donors (Lipinski definition) is 2. The summed E-state index contributed by atoms with van der Waals surface area (Å²) in [5.41, 5.74) is 13.1. The molecule has 0 radical (unpaired) electrons. The van der Waals surface area contributed by atoms with Crippen LogP contribution in [0.2, 0.25) is 0 Å². The van der Waals surface area contributed by atoms with Crippen molar-refractivity contribution in [2.45, 2.75) is 6.42 Å². The average Bonchev–Trinajstić information content (AvgIpc) is 1.98. The van der Waals surface area contributed by atoms with Crippen molar-refractivity contribution >= 4 is 17.7 Å². The highest BCUT2D eigenvalue weighted by atomic mass is 16.1. The Morgan fingerprint density at radius 1 is 1.36 bits per heavy atom. The Morgan fingerprint density at radius 2 is 2.09 bits per heavy atom. The van der Waals surface area contributed by atoms with Crippen molar-refractivity contribution in [2.24, 2.45) is 0 Å². The molecule has 0 atom stereocenters. The van der Waals surface area contributed by atoms with Gasteiger partial charge in [-0.3, -0.25) is 0 Å². The Bertz CT molecular complexity index is 271. The molecule has 0 aromatic heterocycles. The van der Waals surface area contributed by atoms with Crippen molar-refractivity contribution in [2.75, 3.05) is 11.5 Å². The Morgan fingerprint density at radius 3 is 2.73 bits per heavy atom. The van der Waals surface area contributed by atoms with Crippen LogP contribution < -0.4 is 11.5 Å². The molecule has 0 aliphatic heterocycles. The summed E-state index contributed by atoms with van der Waals surface area (Å²) in [6.45, 7) is 0. The SMILES string of the molecule is Nc1ccc(N)c(CC=O)c1. The van der Waals surface area contributed by atoms with Crippen LogP contribution in [0.3, 0.4) is 0 Å². The smallest absolute Gasteiger partial charge is 0.124 e. The second kappa shape index (κ2) is 3.05. The van der Waals surface area contributed by atoms with Crippen LogP contribution in [0.25, 0.3) is 0 Å². The van der Waals surface area contributed by atoms with Gasteiger partial charge in [0.2, 0.25) is 0 Å². The molecule has 3 heteroatoms. The Labute approximate surface area is 65.0 Å². The molecule has 1 aromatic rings. The molecular weight excluding hydrogens is 140 g/mol. The van der Waals surface area contributed by atoms with E-state index in [9.17, 15) is 4.79 Å². The minimum absolute atomic E-state index is 0.330. The molecule has 0 bridgehead atoms. The monoisotopic (exact) mass is 150 g/mol. The molecule has 3 nitrogen and oxygen atoms in total. The van der Waals surface area contributed by atoms with Gasteiger partial charge >= 0.3 is 0 Å². The molecule has 0 amide bonds. The zero-order chi connectivity index (χ0) is 8.27. The maximum atomic E-state index is 10.1. The van der Waals surface area contributed by atoms with Gasteiger partial charge in [0.1, 0.15) is 6.29 Å². The topological polar surface area (TPSA) is 69.1 Å². The lowest BCUT2D eigenvalue weighted by Gasteiger charge is -2.01. The van der Waals surface area contributed by atoms with E-state index in [1.165, 1.54) is 0 Å². The first-order valence-corrected chi connectivity index (χ1v) is 3.31. The first kappa shape index (κ1) is 7.60. The van der Waals surface area contributed by atoms with Gasteiger partial charge in [-0.2, -0.15) is 0 Å². The number of aldehydes is 1. The van der Waals surface area contributed by atoms with Gasteiger partial charge in [0.25, 0.3) is 0 Å². The van der Waals surface area contributed by atoms with Gasteiger partial charge in [-0.1, -0.05) is 0 Å². The molecule has 58 valence electrons. The van der Waals surface area contributed by atoms with Gasteiger partial charge in [0.05, 0.1) is 0 Å². The number of nitrogen functional groups attached to an aromatic ring is 2. The average molecular weight is 150 g/mol. The molecule has 0 aliphatic rings. The minimum atomic E-state index is 0.330. The summed E-state index contributed by atoms with van der Waals surface area (Å²) in [5, 5.41) is 0. The highest BCUT2D eigenvalue weighted by Crippen LogP contribution is 2.14. The fraction of sp³-hybridized carbons (Fsp3) is 0.125. The number of nitrogens with two attached hydrogens (primary N) is 2. The van der Waals surface area contributed by atoms with Crippen LogP contribution in [0.4, 0.5) is 11.4 Å². The van der Waals surface area contributed by atoms with Crippen LogP contribution in [0, 0.1) is 0 Å². The summed E-state index contributed by atoms with van der Waals surface area (Å²) >= 11 is 0. The van der Waals surface area contributed by atoms with Crippen LogP contribution in [0.15, 0.2) is 18.2 Å². The molecule has 0 aliphatic carbocycles. The second-order valence-electron chi connectivity index (χ2n) is 2.33. The Hall–Kier alpha value is -1.51. The third kappa shape index (κ3) is 1.70. The number of carbonyl (C=O) groups is 1. The van der Waals surface area contributed by atoms with Crippen molar-refractivity contribution in [1.82, 2.24) is 0 Å². The molecule has 0 saturated heterocycles. The Kier molecular flexibility index (Phi) is 2.11. The van der Waals surface area contributed by atoms with Crippen molar-refractivity contribution in [1.29, 1.82) is 0 Å². The maximum Gasteiger partial charge on any atom is 0.124 e. The van der Waals surface area contributed by atoms with Gasteiger partial charge in [0.15, 0.2) is 0 Å². The van der Waals surface area contributed by atoms with E-state index in [0.717, 1.165) is 11.8 Å². The third-order valence-corrected chi connectivity index (χ3v) is 1.47. The lowest BCUT2D eigenvalue weighted by atomic mass is 10.1. The van der Waals surface area contributed by atoms with Crippen LogP contribution in [0.5, 0.6) is 0 Å². The zero-order valence-corrected chi connectivity index (χ0v) is 6.08. The lowest BCUT2D eigenvalue weighted by Crippen LogP contribution is -1.96.